The smallest absolute Gasteiger partial charge is 0.355 e. The number of rotatable bonds is 4. The lowest BCUT2D eigenvalue weighted by atomic mass is 10.0. The summed E-state index contributed by atoms with van der Waals surface area (Å²) in [5.74, 6) is -0.436. The number of carbonyl (C=O) groups is 1. The standard InChI is InChI=1S/C14H14N2O4/c1-3-20-14(17)13-12(9(2)8-15-13)10-4-6-11(7-5-10)16(18)19/h4-8,15H,3H2,1-2H3. The van der Waals surface area contributed by atoms with Crippen molar-refractivity contribution >= 4 is 11.7 Å². The molecule has 0 saturated carbocycles. The first-order chi connectivity index (χ1) is 9.54. The Morgan fingerprint density at radius 1 is 1.35 bits per heavy atom. The summed E-state index contributed by atoms with van der Waals surface area (Å²) in [5, 5.41) is 10.7. The molecule has 0 spiro atoms. The zero-order valence-electron chi connectivity index (χ0n) is 11.2. The van der Waals surface area contributed by atoms with Crippen molar-refractivity contribution < 1.29 is 14.5 Å². The van der Waals surface area contributed by atoms with Crippen LogP contribution in [-0.2, 0) is 4.74 Å². The van der Waals surface area contributed by atoms with Gasteiger partial charge in [0.25, 0.3) is 5.69 Å². The summed E-state index contributed by atoms with van der Waals surface area (Å²) in [6, 6.07) is 6.07. The largest absolute Gasteiger partial charge is 0.461 e. The van der Waals surface area contributed by atoms with E-state index >= 15 is 0 Å². The van der Waals surface area contributed by atoms with E-state index in [9.17, 15) is 14.9 Å². The number of ether oxygens (including phenoxy) is 1. The Morgan fingerprint density at radius 3 is 2.55 bits per heavy atom. The molecule has 0 bridgehead atoms. The molecular weight excluding hydrogens is 260 g/mol. The number of nitrogens with zero attached hydrogens (tertiary/aromatic N) is 1. The van der Waals surface area contributed by atoms with E-state index in [0.29, 0.717) is 11.3 Å². The monoisotopic (exact) mass is 274 g/mol. The number of nitrogens with one attached hydrogen (secondary N) is 1. The maximum Gasteiger partial charge on any atom is 0.355 e. The van der Waals surface area contributed by atoms with E-state index in [1.54, 1.807) is 25.3 Å². The molecule has 0 fully saturated rings. The lowest BCUT2D eigenvalue weighted by Crippen LogP contribution is -2.06. The molecule has 0 unspecified atom stereocenters. The molecule has 0 aliphatic rings. The molecule has 2 rings (SSSR count). The summed E-state index contributed by atoms with van der Waals surface area (Å²) >= 11 is 0. The summed E-state index contributed by atoms with van der Waals surface area (Å²) < 4.78 is 4.99. The van der Waals surface area contributed by atoms with Crippen molar-refractivity contribution in [1.82, 2.24) is 4.98 Å². The topological polar surface area (TPSA) is 85.2 Å². The van der Waals surface area contributed by atoms with Crippen molar-refractivity contribution in [2.24, 2.45) is 0 Å². The fraction of sp³-hybridized carbons (Fsp3) is 0.214. The first kappa shape index (κ1) is 13.8. The number of aromatic nitrogens is 1. The summed E-state index contributed by atoms with van der Waals surface area (Å²) in [6.07, 6.45) is 1.71. The van der Waals surface area contributed by atoms with Gasteiger partial charge in [0.15, 0.2) is 0 Å². The fourth-order valence-electron chi connectivity index (χ4n) is 2.01. The van der Waals surface area contributed by atoms with Gasteiger partial charge in [0.05, 0.1) is 11.5 Å². The molecule has 0 aliphatic heterocycles. The Balaban J connectivity index is 2.44. The summed E-state index contributed by atoms with van der Waals surface area (Å²) in [5.41, 5.74) is 2.69. The summed E-state index contributed by atoms with van der Waals surface area (Å²) in [4.78, 5) is 24.9. The zero-order chi connectivity index (χ0) is 14.7. The Hall–Kier alpha value is -2.63. The lowest BCUT2D eigenvalue weighted by molar-refractivity contribution is -0.384. The van der Waals surface area contributed by atoms with E-state index in [-0.39, 0.29) is 12.3 Å². The second-order valence-corrected chi connectivity index (χ2v) is 4.25. The maximum atomic E-state index is 11.9. The molecule has 0 saturated heterocycles. The number of non-ortho nitro benzene ring substituents is 1. The van der Waals surface area contributed by atoms with Crippen LogP contribution >= 0.6 is 0 Å². The van der Waals surface area contributed by atoms with Gasteiger partial charge in [-0.3, -0.25) is 10.1 Å². The van der Waals surface area contributed by atoms with Crippen molar-refractivity contribution in [1.29, 1.82) is 0 Å². The van der Waals surface area contributed by atoms with Gasteiger partial charge in [-0.05, 0) is 37.1 Å². The number of nitro benzene ring substituents is 1. The molecule has 0 aliphatic carbocycles. The maximum absolute atomic E-state index is 11.9. The highest BCUT2D eigenvalue weighted by atomic mass is 16.6. The molecule has 20 heavy (non-hydrogen) atoms. The number of aromatic amines is 1. The Labute approximate surface area is 115 Å². The van der Waals surface area contributed by atoms with Gasteiger partial charge in [0, 0.05) is 23.9 Å². The van der Waals surface area contributed by atoms with E-state index in [2.05, 4.69) is 4.98 Å². The van der Waals surface area contributed by atoms with Crippen molar-refractivity contribution in [2.45, 2.75) is 13.8 Å². The first-order valence-electron chi connectivity index (χ1n) is 6.14. The highest BCUT2D eigenvalue weighted by Crippen LogP contribution is 2.29. The SMILES string of the molecule is CCOC(=O)c1[nH]cc(C)c1-c1ccc([N+](=O)[O-])cc1. The minimum absolute atomic E-state index is 0.0135. The highest BCUT2D eigenvalue weighted by molar-refractivity contribution is 5.96. The minimum Gasteiger partial charge on any atom is -0.461 e. The van der Waals surface area contributed by atoms with E-state index in [4.69, 9.17) is 4.74 Å². The molecule has 0 atom stereocenters. The van der Waals surface area contributed by atoms with Crippen molar-refractivity contribution in [3.05, 3.63) is 51.8 Å². The molecule has 104 valence electrons. The molecule has 2 aromatic rings. The van der Waals surface area contributed by atoms with E-state index < -0.39 is 10.9 Å². The molecular formula is C14H14N2O4. The average molecular weight is 274 g/mol. The normalized spacial score (nSPS) is 10.3. The Kier molecular flexibility index (Phi) is 3.84. The third kappa shape index (κ3) is 2.54. The van der Waals surface area contributed by atoms with Gasteiger partial charge in [-0.1, -0.05) is 0 Å². The number of benzene rings is 1. The average Bonchev–Trinajstić information content (AvgIpc) is 2.81. The first-order valence-corrected chi connectivity index (χ1v) is 6.14. The lowest BCUT2D eigenvalue weighted by Gasteiger charge is -2.05. The van der Waals surface area contributed by atoms with Gasteiger partial charge in [-0.15, -0.1) is 0 Å². The fourth-order valence-corrected chi connectivity index (χ4v) is 2.01. The van der Waals surface area contributed by atoms with Gasteiger partial charge in [0.2, 0.25) is 0 Å². The molecule has 1 aromatic carbocycles. The number of H-pyrrole nitrogens is 1. The van der Waals surface area contributed by atoms with E-state index in [1.807, 2.05) is 6.92 Å². The third-order valence-corrected chi connectivity index (χ3v) is 2.92. The number of esters is 1. The van der Waals surface area contributed by atoms with E-state index in [1.165, 1.54) is 12.1 Å². The minimum atomic E-state index is -0.458. The quantitative estimate of drug-likeness (QED) is 0.527. The van der Waals surface area contributed by atoms with Crippen LogP contribution in [0, 0.1) is 17.0 Å². The van der Waals surface area contributed by atoms with Crippen LogP contribution < -0.4 is 0 Å². The number of nitro groups is 1. The van der Waals surface area contributed by atoms with E-state index in [0.717, 1.165) is 11.1 Å². The van der Waals surface area contributed by atoms with Crippen molar-refractivity contribution in [3.63, 3.8) is 0 Å². The number of hydrogen-bond acceptors (Lipinski definition) is 4. The van der Waals surface area contributed by atoms with Crippen LogP contribution in [0.5, 0.6) is 0 Å². The zero-order valence-corrected chi connectivity index (χ0v) is 11.2. The molecule has 6 nitrogen and oxygen atoms in total. The summed E-state index contributed by atoms with van der Waals surface area (Å²) in [6.45, 7) is 3.88. The Bertz CT molecular complexity index is 644. The molecule has 1 aromatic heterocycles. The Morgan fingerprint density at radius 2 is 2.00 bits per heavy atom. The van der Waals surface area contributed by atoms with Crippen LogP contribution in [0.1, 0.15) is 23.0 Å². The van der Waals surface area contributed by atoms with Gasteiger partial charge >= 0.3 is 5.97 Å². The van der Waals surface area contributed by atoms with Gasteiger partial charge in [-0.25, -0.2) is 4.79 Å². The molecule has 0 amide bonds. The molecule has 6 heteroatoms. The number of hydrogen-bond donors (Lipinski definition) is 1. The predicted octanol–water partition coefficient (Wildman–Crippen LogP) is 3.08. The van der Waals surface area contributed by atoms with Crippen LogP contribution in [0.2, 0.25) is 0 Å². The van der Waals surface area contributed by atoms with Crippen LogP contribution in [0.15, 0.2) is 30.5 Å². The van der Waals surface area contributed by atoms with Crippen molar-refractivity contribution in [3.8, 4) is 11.1 Å². The van der Waals surface area contributed by atoms with Gasteiger partial charge < -0.3 is 9.72 Å². The van der Waals surface area contributed by atoms with Crippen LogP contribution in [0.4, 0.5) is 5.69 Å². The number of carbonyl (C=O) groups excluding carboxylic acids is 1. The second kappa shape index (κ2) is 5.56. The van der Waals surface area contributed by atoms with Crippen LogP contribution in [0.3, 0.4) is 0 Å². The molecule has 1 heterocycles. The molecule has 0 radical (unpaired) electrons. The predicted molar refractivity (Wildman–Crippen MR) is 73.6 cm³/mol. The van der Waals surface area contributed by atoms with Crippen LogP contribution in [-0.4, -0.2) is 22.5 Å². The second-order valence-electron chi connectivity index (χ2n) is 4.25. The number of aryl methyl sites for hydroxylation is 1. The summed E-state index contributed by atoms with van der Waals surface area (Å²) in [7, 11) is 0. The van der Waals surface area contributed by atoms with Gasteiger partial charge in [0.1, 0.15) is 5.69 Å². The third-order valence-electron chi connectivity index (χ3n) is 2.92. The van der Waals surface area contributed by atoms with Crippen LogP contribution in [0.25, 0.3) is 11.1 Å². The highest BCUT2D eigenvalue weighted by Gasteiger charge is 2.18. The van der Waals surface area contributed by atoms with Crippen molar-refractivity contribution in [2.75, 3.05) is 6.61 Å². The molecule has 1 N–H and O–H groups in total. The van der Waals surface area contributed by atoms with Gasteiger partial charge in [-0.2, -0.15) is 0 Å².